The maximum atomic E-state index is 4.41. The Balaban J connectivity index is 2.16. The van der Waals surface area contributed by atoms with E-state index < -0.39 is 0 Å². The summed E-state index contributed by atoms with van der Waals surface area (Å²) in [7, 11) is 1.92. The predicted molar refractivity (Wildman–Crippen MR) is 64.6 cm³/mol. The third-order valence-corrected chi connectivity index (χ3v) is 2.84. The zero-order valence-electron chi connectivity index (χ0n) is 9.83. The summed E-state index contributed by atoms with van der Waals surface area (Å²) in [6.45, 7) is 2.09. The highest BCUT2D eigenvalue weighted by atomic mass is 15.3. The summed E-state index contributed by atoms with van der Waals surface area (Å²) in [5.74, 6) is 0.743. The summed E-state index contributed by atoms with van der Waals surface area (Å²) in [5, 5.41) is 4.16. The minimum Gasteiger partial charge on any atom is -0.290 e. The van der Waals surface area contributed by atoms with Crippen molar-refractivity contribution in [2.45, 2.75) is 13.3 Å². The molecular weight excluding hydrogens is 214 g/mol. The number of imidazole rings is 1. The molecule has 0 atom stereocenters. The fourth-order valence-corrected chi connectivity index (χ4v) is 1.89. The van der Waals surface area contributed by atoms with E-state index in [1.807, 2.05) is 40.8 Å². The molecule has 0 aliphatic heterocycles. The topological polar surface area (TPSA) is 48.0 Å². The van der Waals surface area contributed by atoms with Gasteiger partial charge in [-0.25, -0.2) is 9.97 Å². The summed E-state index contributed by atoms with van der Waals surface area (Å²) in [6.07, 6.45) is 8.59. The lowest BCUT2D eigenvalue weighted by Gasteiger charge is -2.01. The summed E-state index contributed by atoms with van der Waals surface area (Å²) in [4.78, 5) is 8.76. The SMILES string of the molecule is CCc1cn2cc(-c3ccnn3C)cnc2n1. The third kappa shape index (κ3) is 1.60. The largest absolute Gasteiger partial charge is 0.290 e. The van der Waals surface area contributed by atoms with Crippen LogP contribution in [-0.2, 0) is 13.5 Å². The standard InChI is InChI=1S/C12H13N5/c1-3-10-8-17-7-9(6-13-12(17)15-10)11-4-5-14-16(11)2/h4-8H,3H2,1-2H3. The zero-order chi connectivity index (χ0) is 11.8. The Labute approximate surface area is 98.7 Å². The number of aromatic nitrogens is 5. The van der Waals surface area contributed by atoms with Crippen molar-refractivity contribution in [1.29, 1.82) is 0 Å². The van der Waals surface area contributed by atoms with Gasteiger partial charge in [0, 0.05) is 37.4 Å². The minimum atomic E-state index is 0.743. The molecule has 0 unspecified atom stereocenters. The van der Waals surface area contributed by atoms with Gasteiger partial charge in [0.25, 0.3) is 0 Å². The molecule has 17 heavy (non-hydrogen) atoms. The lowest BCUT2D eigenvalue weighted by Crippen LogP contribution is -1.96. The van der Waals surface area contributed by atoms with Crippen LogP contribution in [-0.4, -0.2) is 24.1 Å². The lowest BCUT2D eigenvalue weighted by molar-refractivity contribution is 0.774. The highest BCUT2D eigenvalue weighted by Gasteiger charge is 2.06. The van der Waals surface area contributed by atoms with Crippen LogP contribution in [0.15, 0.2) is 30.9 Å². The van der Waals surface area contributed by atoms with Crippen molar-refractivity contribution in [3.63, 3.8) is 0 Å². The molecule has 0 amide bonds. The molecule has 0 saturated carbocycles. The van der Waals surface area contributed by atoms with Crippen molar-refractivity contribution in [1.82, 2.24) is 24.1 Å². The van der Waals surface area contributed by atoms with Crippen molar-refractivity contribution in [2.24, 2.45) is 7.05 Å². The maximum Gasteiger partial charge on any atom is 0.233 e. The molecule has 0 N–H and O–H groups in total. The third-order valence-electron chi connectivity index (χ3n) is 2.84. The maximum absolute atomic E-state index is 4.41. The van der Waals surface area contributed by atoms with Gasteiger partial charge in [-0.1, -0.05) is 6.92 Å². The molecule has 0 spiro atoms. The Morgan fingerprint density at radius 1 is 1.29 bits per heavy atom. The van der Waals surface area contributed by atoms with E-state index in [0.717, 1.165) is 29.1 Å². The van der Waals surface area contributed by atoms with Crippen LogP contribution in [0.2, 0.25) is 0 Å². The van der Waals surface area contributed by atoms with Crippen molar-refractivity contribution in [2.75, 3.05) is 0 Å². The molecule has 0 saturated heterocycles. The molecule has 86 valence electrons. The van der Waals surface area contributed by atoms with Crippen molar-refractivity contribution >= 4 is 5.78 Å². The molecule has 0 aliphatic rings. The molecule has 0 aromatic carbocycles. The van der Waals surface area contributed by atoms with Crippen molar-refractivity contribution in [3.8, 4) is 11.3 Å². The predicted octanol–water partition coefficient (Wildman–Crippen LogP) is 1.69. The van der Waals surface area contributed by atoms with E-state index in [1.165, 1.54) is 0 Å². The monoisotopic (exact) mass is 227 g/mol. The normalized spacial score (nSPS) is 11.2. The average Bonchev–Trinajstić information content (AvgIpc) is 2.93. The molecule has 3 aromatic heterocycles. The average molecular weight is 227 g/mol. The second-order valence-corrected chi connectivity index (χ2v) is 3.98. The Morgan fingerprint density at radius 2 is 2.18 bits per heavy atom. The number of hydrogen-bond donors (Lipinski definition) is 0. The van der Waals surface area contributed by atoms with E-state index in [-0.39, 0.29) is 0 Å². The highest BCUT2D eigenvalue weighted by Crippen LogP contribution is 2.17. The first kappa shape index (κ1) is 10.0. The van der Waals surface area contributed by atoms with Crippen LogP contribution < -0.4 is 0 Å². The van der Waals surface area contributed by atoms with E-state index in [0.29, 0.717) is 0 Å². The molecule has 0 radical (unpaired) electrons. The zero-order valence-corrected chi connectivity index (χ0v) is 9.83. The molecule has 5 nitrogen and oxygen atoms in total. The fraction of sp³-hybridized carbons (Fsp3) is 0.250. The van der Waals surface area contributed by atoms with Gasteiger partial charge in [-0.05, 0) is 12.5 Å². The minimum absolute atomic E-state index is 0.743. The van der Waals surface area contributed by atoms with E-state index >= 15 is 0 Å². The second-order valence-electron chi connectivity index (χ2n) is 3.98. The summed E-state index contributed by atoms with van der Waals surface area (Å²) in [6, 6.07) is 1.97. The first-order valence-electron chi connectivity index (χ1n) is 5.60. The van der Waals surface area contributed by atoms with E-state index in [2.05, 4.69) is 22.0 Å². The molecule has 3 aromatic rings. The van der Waals surface area contributed by atoms with Gasteiger partial charge in [0.1, 0.15) is 0 Å². The number of rotatable bonds is 2. The van der Waals surface area contributed by atoms with Gasteiger partial charge >= 0.3 is 0 Å². The first-order chi connectivity index (χ1) is 8.28. The molecule has 0 bridgehead atoms. The molecular formula is C12H13N5. The molecule has 5 heteroatoms. The van der Waals surface area contributed by atoms with Gasteiger partial charge in [-0.15, -0.1) is 0 Å². The molecule has 0 aliphatic carbocycles. The van der Waals surface area contributed by atoms with Gasteiger partial charge < -0.3 is 0 Å². The summed E-state index contributed by atoms with van der Waals surface area (Å²) < 4.78 is 3.79. The molecule has 0 fully saturated rings. The van der Waals surface area contributed by atoms with Gasteiger partial charge in [-0.2, -0.15) is 5.10 Å². The van der Waals surface area contributed by atoms with Crippen molar-refractivity contribution in [3.05, 3.63) is 36.5 Å². The summed E-state index contributed by atoms with van der Waals surface area (Å²) in [5.41, 5.74) is 3.14. The van der Waals surface area contributed by atoms with Gasteiger partial charge in [0.2, 0.25) is 5.78 Å². The van der Waals surface area contributed by atoms with Gasteiger partial charge in [0.05, 0.1) is 11.4 Å². The van der Waals surface area contributed by atoms with Crippen LogP contribution >= 0.6 is 0 Å². The van der Waals surface area contributed by atoms with Gasteiger partial charge in [-0.3, -0.25) is 9.08 Å². The van der Waals surface area contributed by atoms with E-state index in [9.17, 15) is 0 Å². The Hall–Kier alpha value is -2.17. The first-order valence-corrected chi connectivity index (χ1v) is 5.60. The smallest absolute Gasteiger partial charge is 0.233 e. The second kappa shape index (κ2) is 3.69. The van der Waals surface area contributed by atoms with Crippen LogP contribution in [0, 0.1) is 0 Å². The van der Waals surface area contributed by atoms with Crippen LogP contribution in [0.5, 0.6) is 0 Å². The fourth-order valence-electron chi connectivity index (χ4n) is 1.89. The van der Waals surface area contributed by atoms with Crippen LogP contribution in [0.3, 0.4) is 0 Å². The molecule has 3 heterocycles. The quantitative estimate of drug-likeness (QED) is 0.669. The Kier molecular flexibility index (Phi) is 2.18. The lowest BCUT2D eigenvalue weighted by atomic mass is 10.2. The number of aryl methyl sites for hydroxylation is 2. The summed E-state index contributed by atoms with van der Waals surface area (Å²) >= 11 is 0. The van der Waals surface area contributed by atoms with Crippen LogP contribution in [0.4, 0.5) is 0 Å². The van der Waals surface area contributed by atoms with Crippen LogP contribution in [0.25, 0.3) is 17.0 Å². The van der Waals surface area contributed by atoms with Crippen molar-refractivity contribution < 1.29 is 0 Å². The van der Waals surface area contributed by atoms with Crippen LogP contribution in [0.1, 0.15) is 12.6 Å². The number of nitrogens with zero attached hydrogens (tertiary/aromatic N) is 5. The number of hydrogen-bond acceptors (Lipinski definition) is 3. The van der Waals surface area contributed by atoms with E-state index in [4.69, 9.17) is 0 Å². The van der Waals surface area contributed by atoms with Gasteiger partial charge in [0.15, 0.2) is 0 Å². The Bertz CT molecular complexity index is 664. The number of fused-ring (bicyclic) bond motifs is 1. The molecule has 3 rings (SSSR count). The highest BCUT2D eigenvalue weighted by molar-refractivity contribution is 5.58. The Morgan fingerprint density at radius 3 is 2.88 bits per heavy atom. The van der Waals surface area contributed by atoms with E-state index in [1.54, 1.807) is 6.20 Å².